The number of carbonyl (C=O) groups is 1. The maximum atomic E-state index is 12.7. The second-order valence-electron chi connectivity index (χ2n) is 10.6. The minimum Gasteiger partial charge on any atom is -0.469 e. The van der Waals surface area contributed by atoms with E-state index in [4.69, 9.17) is 9.47 Å². The molecule has 2 aliphatic heterocycles. The summed E-state index contributed by atoms with van der Waals surface area (Å²) in [5.41, 5.74) is -2.33. The Kier molecular flexibility index (Phi) is 4.32. The quantitative estimate of drug-likeness (QED) is 0.721. The summed E-state index contributed by atoms with van der Waals surface area (Å²) in [6, 6.07) is 0. The first kappa shape index (κ1) is 19.7. The summed E-state index contributed by atoms with van der Waals surface area (Å²) >= 11 is 0. The van der Waals surface area contributed by atoms with Crippen molar-refractivity contribution in [1.82, 2.24) is 0 Å². The van der Waals surface area contributed by atoms with Gasteiger partial charge in [0.1, 0.15) is 17.3 Å². The largest absolute Gasteiger partial charge is 0.469 e. The highest BCUT2D eigenvalue weighted by Gasteiger charge is 2.73. The van der Waals surface area contributed by atoms with Crippen LogP contribution in [0.5, 0.6) is 0 Å². The van der Waals surface area contributed by atoms with Crippen molar-refractivity contribution in [2.45, 2.75) is 83.5 Å². The van der Waals surface area contributed by atoms with E-state index < -0.39 is 22.7 Å². The lowest BCUT2D eigenvalue weighted by molar-refractivity contribution is -0.361. The van der Waals surface area contributed by atoms with Crippen molar-refractivity contribution in [3.8, 4) is 0 Å². The zero-order valence-electron chi connectivity index (χ0n) is 17.5. The van der Waals surface area contributed by atoms with Gasteiger partial charge in [-0.05, 0) is 62.2 Å². The maximum absolute atomic E-state index is 12.7. The molecule has 1 spiro atoms. The summed E-state index contributed by atoms with van der Waals surface area (Å²) in [4.78, 5) is 12.7. The predicted octanol–water partition coefficient (Wildman–Crippen LogP) is 2.92. The highest BCUT2D eigenvalue weighted by Crippen LogP contribution is 2.69. The number of ether oxygens (including phenoxy) is 2. The van der Waals surface area contributed by atoms with Crippen LogP contribution in [0.15, 0.2) is 0 Å². The van der Waals surface area contributed by atoms with Crippen molar-refractivity contribution in [2.24, 2.45) is 34.5 Å². The molecule has 0 unspecified atom stereocenters. The van der Waals surface area contributed by atoms with E-state index in [-0.39, 0.29) is 35.1 Å². The highest BCUT2D eigenvalue weighted by atomic mass is 16.5. The third-order valence-corrected chi connectivity index (χ3v) is 9.39. The number of aliphatic hydroxyl groups is 2. The summed E-state index contributed by atoms with van der Waals surface area (Å²) in [7, 11) is 1.49. The van der Waals surface area contributed by atoms with E-state index in [1.807, 2.05) is 13.8 Å². The van der Waals surface area contributed by atoms with Crippen LogP contribution in [0.4, 0.5) is 0 Å². The van der Waals surface area contributed by atoms with Crippen LogP contribution in [-0.2, 0) is 14.3 Å². The lowest BCUT2D eigenvalue weighted by atomic mass is 9.39. The first-order chi connectivity index (χ1) is 12.6. The van der Waals surface area contributed by atoms with E-state index >= 15 is 0 Å². The fourth-order valence-corrected chi connectivity index (χ4v) is 7.94. The van der Waals surface area contributed by atoms with Gasteiger partial charge in [0, 0.05) is 5.92 Å². The Bertz CT molecular complexity index is 634. The summed E-state index contributed by atoms with van der Waals surface area (Å²) in [6.07, 6.45) is 4.42. The zero-order chi connectivity index (χ0) is 19.8. The smallest absolute Gasteiger partial charge is 0.311 e. The molecule has 5 rings (SSSR count). The molecule has 2 N–H and O–H groups in total. The molecule has 8 atom stereocenters. The zero-order valence-corrected chi connectivity index (χ0v) is 17.5. The van der Waals surface area contributed by atoms with Gasteiger partial charge in [-0.1, -0.05) is 27.2 Å². The number of methoxy groups -OCH3 is 1. The fraction of sp³-hybridized carbons (Fsp3) is 0.955. The SMILES string of the molecule is COC(=O)[C@]1(C)CCC[C@@]2(C)[C@H]3C[C@H]4CO[C@@]3(CC[C@H]21)[C@H](O)[C@@]4(O)C(C)C. The Hall–Kier alpha value is -0.650. The fourth-order valence-electron chi connectivity index (χ4n) is 7.94. The van der Waals surface area contributed by atoms with E-state index in [0.717, 1.165) is 32.1 Å². The van der Waals surface area contributed by atoms with Crippen LogP contribution in [0.2, 0.25) is 0 Å². The van der Waals surface area contributed by atoms with Gasteiger partial charge >= 0.3 is 5.97 Å². The van der Waals surface area contributed by atoms with Gasteiger partial charge in [0.05, 0.1) is 19.1 Å². The monoisotopic (exact) mass is 380 g/mol. The molecule has 154 valence electrons. The van der Waals surface area contributed by atoms with Gasteiger partial charge in [-0.3, -0.25) is 4.79 Å². The van der Waals surface area contributed by atoms with Crippen LogP contribution in [0, 0.1) is 34.5 Å². The average Bonchev–Trinajstić information content (AvgIpc) is 2.64. The number of fused-ring (bicyclic) bond motifs is 3. The number of hydrogen-bond donors (Lipinski definition) is 2. The van der Waals surface area contributed by atoms with Crippen molar-refractivity contribution >= 4 is 5.97 Å². The standard InChI is InChI=1S/C22H36O5/c1-13(2)22(25)14-11-16-19(3)8-6-9-20(4,18(24)26-5)15(19)7-10-21(16,17(22)23)27-12-14/h13-17,23,25H,6-12H2,1-5H3/t14-,15+,16+,17-,19+,20+,21+,22+/m0/s1. The van der Waals surface area contributed by atoms with Crippen molar-refractivity contribution in [1.29, 1.82) is 0 Å². The molecule has 2 bridgehead atoms. The molecule has 2 heterocycles. The third kappa shape index (κ3) is 2.20. The minimum absolute atomic E-state index is 0.0172. The van der Waals surface area contributed by atoms with Crippen LogP contribution < -0.4 is 0 Å². The summed E-state index contributed by atoms with van der Waals surface area (Å²) in [5.74, 6) is 0.220. The Labute approximate surface area is 162 Å². The number of hydrogen-bond acceptors (Lipinski definition) is 5. The highest BCUT2D eigenvalue weighted by molar-refractivity contribution is 5.77. The number of carbonyl (C=O) groups excluding carboxylic acids is 1. The Morgan fingerprint density at radius 3 is 2.52 bits per heavy atom. The normalized spacial score (nSPS) is 54.4. The molecule has 3 saturated carbocycles. The lowest BCUT2D eigenvalue weighted by Gasteiger charge is -2.71. The molecule has 0 aromatic heterocycles. The van der Waals surface area contributed by atoms with Crippen molar-refractivity contribution in [2.75, 3.05) is 13.7 Å². The van der Waals surface area contributed by atoms with E-state index in [9.17, 15) is 15.0 Å². The molecule has 3 aliphatic carbocycles. The van der Waals surface area contributed by atoms with Gasteiger partial charge in [-0.25, -0.2) is 0 Å². The predicted molar refractivity (Wildman–Crippen MR) is 101 cm³/mol. The van der Waals surface area contributed by atoms with Gasteiger partial charge in [0.2, 0.25) is 0 Å². The van der Waals surface area contributed by atoms with Crippen molar-refractivity contribution < 1.29 is 24.5 Å². The molecule has 0 aromatic carbocycles. The molecule has 0 amide bonds. The maximum Gasteiger partial charge on any atom is 0.311 e. The van der Waals surface area contributed by atoms with Gasteiger partial charge in [-0.2, -0.15) is 0 Å². The van der Waals surface area contributed by atoms with E-state index in [1.54, 1.807) is 0 Å². The first-order valence-corrected chi connectivity index (χ1v) is 10.7. The van der Waals surface area contributed by atoms with Crippen LogP contribution in [0.3, 0.4) is 0 Å². The van der Waals surface area contributed by atoms with E-state index in [1.165, 1.54) is 7.11 Å². The molecule has 27 heavy (non-hydrogen) atoms. The Morgan fingerprint density at radius 1 is 1.19 bits per heavy atom. The molecular formula is C22H36O5. The number of esters is 1. The van der Waals surface area contributed by atoms with E-state index in [2.05, 4.69) is 13.8 Å². The average molecular weight is 381 g/mol. The van der Waals surface area contributed by atoms with Gasteiger partial charge < -0.3 is 19.7 Å². The number of aliphatic hydroxyl groups excluding tert-OH is 1. The second-order valence-corrected chi connectivity index (χ2v) is 10.6. The van der Waals surface area contributed by atoms with Crippen LogP contribution >= 0.6 is 0 Å². The van der Waals surface area contributed by atoms with Gasteiger partial charge in [0.15, 0.2) is 0 Å². The van der Waals surface area contributed by atoms with Crippen LogP contribution in [-0.4, -0.2) is 47.2 Å². The summed E-state index contributed by atoms with van der Waals surface area (Å²) in [6.45, 7) is 8.89. The van der Waals surface area contributed by atoms with Crippen LogP contribution in [0.25, 0.3) is 0 Å². The molecule has 5 fully saturated rings. The van der Waals surface area contributed by atoms with E-state index in [0.29, 0.717) is 13.0 Å². The Balaban J connectivity index is 1.76. The topological polar surface area (TPSA) is 76.0 Å². The molecular weight excluding hydrogens is 344 g/mol. The number of rotatable bonds is 2. The molecule has 2 saturated heterocycles. The lowest BCUT2D eigenvalue weighted by Crippen LogP contribution is -2.78. The molecule has 5 nitrogen and oxygen atoms in total. The van der Waals surface area contributed by atoms with Crippen LogP contribution in [0.1, 0.15) is 66.2 Å². The molecule has 0 radical (unpaired) electrons. The Morgan fingerprint density at radius 2 is 1.89 bits per heavy atom. The van der Waals surface area contributed by atoms with Crippen molar-refractivity contribution in [3.63, 3.8) is 0 Å². The molecule has 0 aromatic rings. The second kappa shape index (κ2) is 5.93. The van der Waals surface area contributed by atoms with Gasteiger partial charge in [0.25, 0.3) is 0 Å². The van der Waals surface area contributed by atoms with Gasteiger partial charge in [-0.15, -0.1) is 0 Å². The molecule has 5 aliphatic rings. The summed E-state index contributed by atoms with van der Waals surface area (Å²) in [5, 5.41) is 22.8. The van der Waals surface area contributed by atoms with Crippen molar-refractivity contribution in [3.05, 3.63) is 0 Å². The molecule has 5 heteroatoms. The third-order valence-electron chi connectivity index (χ3n) is 9.39. The minimum atomic E-state index is -1.09. The summed E-state index contributed by atoms with van der Waals surface area (Å²) < 4.78 is 11.6. The first-order valence-electron chi connectivity index (χ1n) is 10.7.